The number of hydrogen-bond donors (Lipinski definition) is 1. The molecule has 2 aliphatic heterocycles. The van der Waals surface area contributed by atoms with Gasteiger partial charge in [0.2, 0.25) is 0 Å². The summed E-state index contributed by atoms with van der Waals surface area (Å²) in [6, 6.07) is 8.38. The molecule has 1 aromatic rings. The fraction of sp³-hybridized carbons (Fsp3) is 0.667. The molecular weight excluding hydrogens is 326 g/mol. The minimum absolute atomic E-state index is 0.352. The van der Waals surface area contributed by atoms with Gasteiger partial charge in [-0.2, -0.15) is 0 Å². The maximum absolute atomic E-state index is 5.85. The van der Waals surface area contributed by atoms with Crippen LogP contribution in [-0.2, 0) is 4.74 Å². The highest BCUT2D eigenvalue weighted by atomic mass is 16.5. The molecule has 1 aromatic carbocycles. The number of rotatable bonds is 6. The summed E-state index contributed by atoms with van der Waals surface area (Å²) in [5, 5.41) is 3.43. The van der Waals surface area contributed by atoms with E-state index in [4.69, 9.17) is 14.5 Å². The van der Waals surface area contributed by atoms with Gasteiger partial charge in [0.15, 0.2) is 5.96 Å². The maximum atomic E-state index is 5.85. The summed E-state index contributed by atoms with van der Waals surface area (Å²) >= 11 is 0. The van der Waals surface area contributed by atoms with E-state index in [1.165, 1.54) is 18.4 Å². The SMILES string of the molecule is CCNC(=NCCOc1ccc(C(C)C)cc1)N1CCC2(CCOC2)C1. The number of benzene rings is 1. The van der Waals surface area contributed by atoms with Crippen LogP contribution in [0.4, 0.5) is 0 Å². The van der Waals surface area contributed by atoms with Crippen LogP contribution < -0.4 is 10.1 Å². The molecule has 1 spiro atoms. The van der Waals surface area contributed by atoms with E-state index >= 15 is 0 Å². The number of nitrogens with zero attached hydrogens (tertiary/aromatic N) is 2. The highest BCUT2D eigenvalue weighted by molar-refractivity contribution is 5.80. The molecule has 2 saturated heterocycles. The Labute approximate surface area is 157 Å². The van der Waals surface area contributed by atoms with Crippen LogP contribution in [-0.4, -0.2) is 56.9 Å². The Bertz CT molecular complexity index is 592. The monoisotopic (exact) mass is 359 g/mol. The van der Waals surface area contributed by atoms with Crippen LogP contribution in [0.1, 0.15) is 45.1 Å². The molecular formula is C21H33N3O2. The van der Waals surface area contributed by atoms with E-state index in [0.717, 1.165) is 44.6 Å². The summed E-state index contributed by atoms with van der Waals surface area (Å²) in [5.41, 5.74) is 1.69. The molecule has 5 heteroatoms. The number of nitrogens with one attached hydrogen (secondary N) is 1. The molecule has 2 aliphatic rings. The molecule has 0 aromatic heterocycles. The van der Waals surface area contributed by atoms with Crippen LogP contribution in [0, 0.1) is 5.41 Å². The van der Waals surface area contributed by atoms with Crippen molar-refractivity contribution in [1.82, 2.24) is 10.2 Å². The zero-order valence-electron chi connectivity index (χ0n) is 16.5. The average molecular weight is 360 g/mol. The van der Waals surface area contributed by atoms with Gasteiger partial charge < -0.3 is 19.7 Å². The second kappa shape index (κ2) is 8.76. The number of aliphatic imine (C=N–C) groups is 1. The smallest absolute Gasteiger partial charge is 0.194 e. The van der Waals surface area contributed by atoms with Crippen molar-refractivity contribution in [3.05, 3.63) is 29.8 Å². The summed E-state index contributed by atoms with van der Waals surface area (Å²) in [4.78, 5) is 7.16. The molecule has 26 heavy (non-hydrogen) atoms. The number of likely N-dealkylation sites (tertiary alicyclic amines) is 1. The van der Waals surface area contributed by atoms with Gasteiger partial charge in [-0.1, -0.05) is 26.0 Å². The van der Waals surface area contributed by atoms with Gasteiger partial charge in [-0.3, -0.25) is 0 Å². The number of hydrogen-bond acceptors (Lipinski definition) is 3. The van der Waals surface area contributed by atoms with E-state index < -0.39 is 0 Å². The van der Waals surface area contributed by atoms with E-state index in [-0.39, 0.29) is 0 Å². The van der Waals surface area contributed by atoms with Gasteiger partial charge in [0.25, 0.3) is 0 Å². The molecule has 3 rings (SSSR count). The lowest BCUT2D eigenvalue weighted by Crippen LogP contribution is -2.41. The van der Waals surface area contributed by atoms with E-state index in [9.17, 15) is 0 Å². The van der Waals surface area contributed by atoms with Gasteiger partial charge in [-0.25, -0.2) is 4.99 Å². The molecule has 2 fully saturated rings. The fourth-order valence-electron chi connectivity index (χ4n) is 3.78. The Morgan fingerprint density at radius 1 is 1.31 bits per heavy atom. The Kier molecular flexibility index (Phi) is 6.41. The zero-order chi connectivity index (χ0) is 18.4. The third-order valence-electron chi connectivity index (χ3n) is 5.43. The van der Waals surface area contributed by atoms with E-state index in [0.29, 0.717) is 24.5 Å². The molecule has 2 heterocycles. The predicted molar refractivity (Wildman–Crippen MR) is 106 cm³/mol. The van der Waals surface area contributed by atoms with Crippen molar-refractivity contribution >= 4 is 5.96 Å². The maximum Gasteiger partial charge on any atom is 0.194 e. The van der Waals surface area contributed by atoms with Crippen molar-refractivity contribution in [2.24, 2.45) is 10.4 Å². The molecule has 144 valence electrons. The Morgan fingerprint density at radius 3 is 2.77 bits per heavy atom. The van der Waals surface area contributed by atoms with Crippen molar-refractivity contribution in [2.75, 3.05) is 46.0 Å². The van der Waals surface area contributed by atoms with Gasteiger partial charge in [0.1, 0.15) is 12.4 Å². The number of guanidine groups is 1. The van der Waals surface area contributed by atoms with Gasteiger partial charge in [-0.15, -0.1) is 0 Å². The molecule has 0 bridgehead atoms. The normalized spacial score (nSPS) is 23.2. The Hall–Kier alpha value is -1.75. The molecule has 1 unspecified atom stereocenters. The van der Waals surface area contributed by atoms with Crippen LogP contribution in [0.15, 0.2) is 29.3 Å². The lowest BCUT2D eigenvalue weighted by Gasteiger charge is -2.25. The first-order valence-electron chi connectivity index (χ1n) is 9.96. The second-order valence-electron chi connectivity index (χ2n) is 7.78. The summed E-state index contributed by atoms with van der Waals surface area (Å²) in [7, 11) is 0. The van der Waals surface area contributed by atoms with E-state index in [1.54, 1.807) is 0 Å². The molecule has 1 atom stereocenters. The van der Waals surface area contributed by atoms with E-state index in [1.807, 2.05) is 0 Å². The van der Waals surface area contributed by atoms with Crippen LogP contribution in [0.25, 0.3) is 0 Å². The largest absolute Gasteiger partial charge is 0.492 e. The van der Waals surface area contributed by atoms with Crippen molar-refractivity contribution in [3.63, 3.8) is 0 Å². The number of ether oxygens (including phenoxy) is 2. The third-order valence-corrected chi connectivity index (χ3v) is 5.43. The lowest BCUT2D eigenvalue weighted by atomic mass is 9.87. The summed E-state index contributed by atoms with van der Waals surface area (Å²) in [6.07, 6.45) is 2.38. The first-order valence-corrected chi connectivity index (χ1v) is 9.96. The predicted octanol–water partition coefficient (Wildman–Crippen LogP) is 3.27. The van der Waals surface area contributed by atoms with Gasteiger partial charge in [0, 0.05) is 31.7 Å². The highest BCUT2D eigenvalue weighted by Gasteiger charge is 2.42. The molecule has 0 aliphatic carbocycles. The van der Waals surface area contributed by atoms with Crippen molar-refractivity contribution in [3.8, 4) is 5.75 Å². The first kappa shape index (κ1) is 19.0. The van der Waals surface area contributed by atoms with Crippen molar-refractivity contribution in [1.29, 1.82) is 0 Å². The molecule has 1 N–H and O–H groups in total. The Balaban J connectivity index is 1.50. The van der Waals surface area contributed by atoms with Gasteiger partial charge in [0.05, 0.1) is 13.2 Å². The van der Waals surface area contributed by atoms with Crippen molar-refractivity contribution in [2.45, 2.75) is 39.5 Å². The summed E-state index contributed by atoms with van der Waals surface area (Å²) in [5.74, 6) is 2.47. The third kappa shape index (κ3) is 4.70. The van der Waals surface area contributed by atoms with E-state index in [2.05, 4.69) is 55.3 Å². The quantitative estimate of drug-likeness (QED) is 0.481. The van der Waals surface area contributed by atoms with Crippen LogP contribution in [0.3, 0.4) is 0 Å². The minimum atomic E-state index is 0.352. The standard InChI is InChI=1S/C21H33N3O2/c1-4-22-20(24-12-9-21(15-24)10-13-25-16-21)23-11-14-26-19-7-5-18(6-8-19)17(2)3/h5-8,17H,4,9-16H2,1-3H3,(H,22,23). The molecule has 0 saturated carbocycles. The molecule has 5 nitrogen and oxygen atoms in total. The zero-order valence-corrected chi connectivity index (χ0v) is 16.5. The Morgan fingerprint density at radius 2 is 2.12 bits per heavy atom. The minimum Gasteiger partial charge on any atom is -0.492 e. The molecule has 0 radical (unpaired) electrons. The lowest BCUT2D eigenvalue weighted by molar-refractivity contribution is 0.156. The van der Waals surface area contributed by atoms with Crippen molar-refractivity contribution < 1.29 is 9.47 Å². The average Bonchev–Trinajstić information content (AvgIpc) is 3.28. The van der Waals surface area contributed by atoms with Gasteiger partial charge >= 0.3 is 0 Å². The molecule has 0 amide bonds. The first-order chi connectivity index (χ1) is 12.6. The highest BCUT2D eigenvalue weighted by Crippen LogP contribution is 2.38. The van der Waals surface area contributed by atoms with Crippen LogP contribution >= 0.6 is 0 Å². The fourth-order valence-corrected chi connectivity index (χ4v) is 3.78. The summed E-state index contributed by atoms with van der Waals surface area (Å²) in [6.45, 7) is 12.6. The van der Waals surface area contributed by atoms with Crippen LogP contribution in [0.2, 0.25) is 0 Å². The van der Waals surface area contributed by atoms with Gasteiger partial charge in [-0.05, 0) is 43.4 Å². The van der Waals surface area contributed by atoms with Crippen LogP contribution in [0.5, 0.6) is 5.75 Å². The summed E-state index contributed by atoms with van der Waals surface area (Å²) < 4.78 is 11.5. The second-order valence-corrected chi connectivity index (χ2v) is 7.78. The topological polar surface area (TPSA) is 46.1 Å².